The van der Waals surface area contributed by atoms with Gasteiger partial charge in [0.1, 0.15) is 11.6 Å². The van der Waals surface area contributed by atoms with Crippen LogP contribution in [-0.2, 0) is 24.3 Å². The Bertz CT molecular complexity index is 1290. The van der Waals surface area contributed by atoms with Gasteiger partial charge < -0.3 is 14.6 Å². The monoisotopic (exact) mass is 495 g/mol. The molecule has 12 heteroatoms. The first kappa shape index (κ1) is 26.0. The number of amides is 1. The van der Waals surface area contributed by atoms with Crippen LogP contribution in [0.25, 0.3) is 11.2 Å². The molecule has 190 valence electrons. The number of imidazole rings is 1. The number of halogens is 3. The first-order chi connectivity index (χ1) is 16.5. The Labute approximate surface area is 198 Å². The lowest BCUT2D eigenvalue weighted by molar-refractivity contribution is -0.274. The number of aryl methyl sites for hydroxylation is 2. The molecule has 0 aliphatic rings. The number of nitrogens with zero attached hydrogens (tertiary/aromatic N) is 3. The van der Waals surface area contributed by atoms with Crippen LogP contribution in [0, 0.1) is 5.92 Å². The van der Waals surface area contributed by atoms with Crippen molar-refractivity contribution in [2.24, 2.45) is 5.92 Å². The quantitative estimate of drug-likeness (QED) is 0.444. The lowest BCUT2D eigenvalue weighted by Gasteiger charge is -2.12. The molecule has 0 fully saturated rings. The largest absolute Gasteiger partial charge is 0.573 e. The predicted octanol–water partition coefficient (Wildman–Crippen LogP) is 3.81. The van der Waals surface area contributed by atoms with Crippen molar-refractivity contribution in [3.63, 3.8) is 0 Å². The Morgan fingerprint density at radius 2 is 1.86 bits per heavy atom. The van der Waals surface area contributed by atoms with Gasteiger partial charge in [-0.15, -0.1) is 13.2 Å². The summed E-state index contributed by atoms with van der Waals surface area (Å²) in [4.78, 5) is 44.5. The number of carbonyl (C=O) groups excluding carboxylic acids is 1. The number of carbonyl (C=O) groups is 1. The van der Waals surface area contributed by atoms with Crippen LogP contribution in [0.2, 0.25) is 0 Å². The number of ether oxygens (including phenoxy) is 1. The maximum atomic E-state index is 12.6. The number of nitrogens with one attached hydrogen (secondary N) is 2. The number of unbranched alkanes of at least 4 members (excludes halogenated alkanes) is 1. The summed E-state index contributed by atoms with van der Waals surface area (Å²) in [5.74, 6) is -0.0980. The number of anilines is 1. The number of benzene rings is 1. The van der Waals surface area contributed by atoms with Crippen molar-refractivity contribution in [1.82, 2.24) is 19.1 Å². The van der Waals surface area contributed by atoms with Gasteiger partial charge in [-0.1, -0.05) is 27.2 Å². The highest BCUT2D eigenvalue weighted by molar-refractivity contribution is 5.90. The number of fused-ring (bicyclic) bond motifs is 1. The molecule has 0 aliphatic carbocycles. The van der Waals surface area contributed by atoms with Crippen LogP contribution < -0.4 is 21.3 Å². The molecule has 2 aromatic heterocycles. The van der Waals surface area contributed by atoms with E-state index in [9.17, 15) is 27.6 Å². The molecular weight excluding hydrogens is 467 g/mol. The average Bonchev–Trinajstić information content (AvgIpc) is 3.10. The maximum Gasteiger partial charge on any atom is 0.573 e. The third kappa shape index (κ3) is 6.74. The van der Waals surface area contributed by atoms with Gasteiger partial charge >= 0.3 is 12.1 Å². The lowest BCUT2D eigenvalue weighted by Crippen LogP contribution is -2.31. The van der Waals surface area contributed by atoms with E-state index in [-0.39, 0.29) is 24.7 Å². The van der Waals surface area contributed by atoms with E-state index in [1.54, 1.807) is 4.57 Å². The van der Waals surface area contributed by atoms with Crippen LogP contribution >= 0.6 is 0 Å². The second-order valence-corrected chi connectivity index (χ2v) is 8.59. The van der Waals surface area contributed by atoms with E-state index in [0.29, 0.717) is 35.8 Å². The Morgan fingerprint density at radius 3 is 2.46 bits per heavy atom. The highest BCUT2D eigenvalue weighted by Gasteiger charge is 2.31. The number of hydrogen-bond donors (Lipinski definition) is 2. The zero-order valence-corrected chi connectivity index (χ0v) is 19.7. The molecule has 0 saturated carbocycles. The van der Waals surface area contributed by atoms with E-state index < -0.39 is 23.4 Å². The molecule has 0 unspecified atom stereocenters. The van der Waals surface area contributed by atoms with Gasteiger partial charge in [-0.2, -0.15) is 0 Å². The Balaban J connectivity index is 1.81. The van der Waals surface area contributed by atoms with Crippen molar-refractivity contribution in [3.8, 4) is 5.75 Å². The molecule has 0 atom stereocenters. The van der Waals surface area contributed by atoms with Crippen molar-refractivity contribution < 1.29 is 22.7 Å². The number of alkyl halides is 3. The van der Waals surface area contributed by atoms with E-state index in [0.717, 1.165) is 25.0 Å². The fraction of sp³-hybridized carbons (Fsp3) is 0.478. The summed E-state index contributed by atoms with van der Waals surface area (Å²) in [7, 11) is 0. The maximum absolute atomic E-state index is 12.6. The van der Waals surface area contributed by atoms with Gasteiger partial charge in [0, 0.05) is 31.6 Å². The van der Waals surface area contributed by atoms with Crippen molar-refractivity contribution in [3.05, 3.63) is 50.9 Å². The predicted molar refractivity (Wildman–Crippen MR) is 124 cm³/mol. The molecule has 0 aliphatic heterocycles. The van der Waals surface area contributed by atoms with Gasteiger partial charge in [0.25, 0.3) is 5.56 Å². The highest BCUT2D eigenvalue weighted by atomic mass is 19.4. The molecule has 0 spiro atoms. The molecule has 0 saturated heterocycles. The number of hydrogen-bond acceptors (Lipinski definition) is 5. The van der Waals surface area contributed by atoms with Gasteiger partial charge in [0.15, 0.2) is 11.2 Å². The second kappa shape index (κ2) is 10.8. The summed E-state index contributed by atoms with van der Waals surface area (Å²) in [6.45, 7) is 6.84. The zero-order chi connectivity index (χ0) is 25.8. The zero-order valence-electron chi connectivity index (χ0n) is 19.7. The SMILES string of the molecule is CCCCn1c(=O)[nH]c(=O)c2c1nc(CCC(=O)Nc1ccc(OC(F)(F)F)cc1)n2CC(C)C. The normalized spacial score (nSPS) is 11.9. The molecule has 2 N–H and O–H groups in total. The lowest BCUT2D eigenvalue weighted by atomic mass is 10.2. The van der Waals surface area contributed by atoms with Gasteiger partial charge in [-0.25, -0.2) is 9.78 Å². The molecule has 9 nitrogen and oxygen atoms in total. The third-order valence-electron chi connectivity index (χ3n) is 5.19. The van der Waals surface area contributed by atoms with Gasteiger partial charge in [0.2, 0.25) is 5.91 Å². The van der Waals surface area contributed by atoms with Gasteiger partial charge in [-0.3, -0.25) is 19.1 Å². The van der Waals surface area contributed by atoms with Crippen LogP contribution in [0.5, 0.6) is 5.75 Å². The van der Waals surface area contributed by atoms with E-state index in [2.05, 4.69) is 20.0 Å². The summed E-state index contributed by atoms with van der Waals surface area (Å²) < 4.78 is 43.9. The van der Waals surface area contributed by atoms with Crippen molar-refractivity contribution >= 4 is 22.8 Å². The Hall–Kier alpha value is -3.57. The molecule has 1 amide bonds. The number of H-pyrrole nitrogens is 1. The average molecular weight is 496 g/mol. The molecular formula is C23H28F3N5O4. The molecule has 3 aromatic rings. The minimum absolute atomic E-state index is 0.0132. The van der Waals surface area contributed by atoms with E-state index >= 15 is 0 Å². The smallest absolute Gasteiger partial charge is 0.406 e. The molecule has 0 radical (unpaired) electrons. The van der Waals surface area contributed by atoms with E-state index in [4.69, 9.17) is 0 Å². The second-order valence-electron chi connectivity index (χ2n) is 8.59. The minimum atomic E-state index is -4.80. The van der Waals surface area contributed by atoms with E-state index in [1.165, 1.54) is 16.7 Å². The Kier molecular flexibility index (Phi) is 8.03. The van der Waals surface area contributed by atoms with Gasteiger partial charge in [0.05, 0.1) is 0 Å². The van der Waals surface area contributed by atoms with Crippen LogP contribution in [0.3, 0.4) is 0 Å². The van der Waals surface area contributed by atoms with Crippen molar-refractivity contribution in [2.45, 2.75) is 65.9 Å². The summed E-state index contributed by atoms with van der Waals surface area (Å²) >= 11 is 0. The van der Waals surface area contributed by atoms with Crippen LogP contribution in [-0.4, -0.2) is 31.4 Å². The fourth-order valence-corrected chi connectivity index (χ4v) is 3.68. The van der Waals surface area contributed by atoms with Crippen LogP contribution in [0.4, 0.5) is 18.9 Å². The first-order valence-electron chi connectivity index (χ1n) is 11.4. The van der Waals surface area contributed by atoms with Crippen molar-refractivity contribution in [1.29, 1.82) is 0 Å². The minimum Gasteiger partial charge on any atom is -0.406 e. The standard InChI is InChI=1S/C23H28F3N5O4/c1-4-5-12-30-20-19(21(33)29-22(30)34)31(13-14(2)3)17(28-20)10-11-18(32)27-15-6-8-16(9-7-15)35-23(24,25)26/h6-9,14H,4-5,10-13H2,1-3H3,(H,27,32)(H,29,33,34). The summed E-state index contributed by atoms with van der Waals surface area (Å²) in [6, 6.07) is 4.82. The van der Waals surface area contributed by atoms with Crippen LogP contribution in [0.1, 0.15) is 45.9 Å². The molecule has 1 aromatic carbocycles. The van der Waals surface area contributed by atoms with Crippen molar-refractivity contribution in [2.75, 3.05) is 5.32 Å². The highest BCUT2D eigenvalue weighted by Crippen LogP contribution is 2.24. The number of aromatic nitrogens is 4. The molecule has 3 rings (SSSR count). The van der Waals surface area contributed by atoms with E-state index in [1.807, 2.05) is 20.8 Å². The van der Waals surface area contributed by atoms with Gasteiger partial charge in [-0.05, 0) is 36.6 Å². The first-order valence-corrected chi connectivity index (χ1v) is 11.4. The topological polar surface area (TPSA) is 111 Å². The molecule has 2 heterocycles. The summed E-state index contributed by atoms with van der Waals surface area (Å²) in [5, 5.41) is 2.62. The molecule has 35 heavy (non-hydrogen) atoms. The number of aromatic amines is 1. The summed E-state index contributed by atoms with van der Waals surface area (Å²) in [6.07, 6.45) is -2.99. The third-order valence-corrected chi connectivity index (χ3v) is 5.19. The number of rotatable bonds is 10. The Morgan fingerprint density at radius 1 is 1.17 bits per heavy atom. The summed E-state index contributed by atoms with van der Waals surface area (Å²) in [5.41, 5.74) is -0.145. The molecule has 0 bridgehead atoms. The fourth-order valence-electron chi connectivity index (χ4n) is 3.68. The van der Waals surface area contributed by atoms with Crippen LogP contribution in [0.15, 0.2) is 33.9 Å².